The molecule has 0 aromatic heterocycles. The molecule has 1 atom stereocenters. The zero-order valence-corrected chi connectivity index (χ0v) is 11.0. The van der Waals surface area contributed by atoms with Crippen LogP contribution in [-0.2, 0) is 0 Å². The summed E-state index contributed by atoms with van der Waals surface area (Å²) in [4.78, 5) is 1.34. The van der Waals surface area contributed by atoms with Gasteiger partial charge in [-0.05, 0) is 41.5 Å². The van der Waals surface area contributed by atoms with Gasteiger partial charge in [0.2, 0.25) is 0 Å². The van der Waals surface area contributed by atoms with E-state index < -0.39 is 0 Å². The third kappa shape index (κ3) is 3.48. The highest BCUT2D eigenvalue weighted by Gasteiger charge is 2.00. The maximum Gasteiger partial charge on any atom is 0.00783 e. The Hall–Kier alpha value is -0.990. The molecule has 0 aliphatic rings. The number of rotatable bonds is 5. The zero-order valence-electron chi connectivity index (χ0n) is 10.2. The average Bonchev–Trinajstić information content (AvgIpc) is 2.38. The van der Waals surface area contributed by atoms with Gasteiger partial charge in [0.05, 0.1) is 0 Å². The van der Waals surface area contributed by atoms with Crippen LogP contribution >= 0.6 is 11.8 Å². The lowest BCUT2D eigenvalue weighted by Gasteiger charge is -2.08. The van der Waals surface area contributed by atoms with Crippen molar-refractivity contribution in [1.82, 2.24) is 0 Å². The lowest BCUT2D eigenvalue weighted by atomic mass is 10.1. The summed E-state index contributed by atoms with van der Waals surface area (Å²) in [5, 5.41) is 2.62. The Kier molecular flexibility index (Phi) is 4.46. The Morgan fingerprint density at radius 2 is 1.88 bits per heavy atom. The first-order valence-corrected chi connectivity index (χ1v) is 7.15. The third-order valence-corrected chi connectivity index (χ3v) is 4.03. The van der Waals surface area contributed by atoms with E-state index in [2.05, 4.69) is 49.4 Å². The molecule has 1 nitrogen and oxygen atoms in total. The average molecular weight is 245 g/mol. The van der Waals surface area contributed by atoms with E-state index in [0.29, 0.717) is 6.04 Å². The minimum atomic E-state index is 0.350. The number of hydrogen-bond acceptors (Lipinski definition) is 2. The van der Waals surface area contributed by atoms with Crippen molar-refractivity contribution in [3.63, 3.8) is 0 Å². The zero-order chi connectivity index (χ0) is 12.1. The summed E-state index contributed by atoms with van der Waals surface area (Å²) >= 11 is 1.90. The van der Waals surface area contributed by atoms with Gasteiger partial charge >= 0.3 is 0 Å². The quantitative estimate of drug-likeness (QED) is 0.804. The second-order valence-electron chi connectivity index (χ2n) is 4.31. The van der Waals surface area contributed by atoms with E-state index in [0.717, 1.165) is 18.6 Å². The molecule has 2 aromatic carbocycles. The van der Waals surface area contributed by atoms with Crippen molar-refractivity contribution < 1.29 is 0 Å². The maximum absolute atomic E-state index is 5.91. The van der Waals surface area contributed by atoms with E-state index in [1.807, 2.05) is 11.8 Å². The summed E-state index contributed by atoms with van der Waals surface area (Å²) in [5.41, 5.74) is 5.91. The van der Waals surface area contributed by atoms with Gasteiger partial charge in [0.15, 0.2) is 0 Å². The van der Waals surface area contributed by atoms with Gasteiger partial charge in [-0.25, -0.2) is 0 Å². The Bertz CT molecular complexity index is 481. The van der Waals surface area contributed by atoms with Crippen LogP contribution in [0.4, 0.5) is 0 Å². The minimum Gasteiger partial charge on any atom is -0.328 e. The molecule has 0 aliphatic heterocycles. The predicted octanol–water partition coefficient (Wildman–Crippen LogP) is 4.06. The van der Waals surface area contributed by atoms with Gasteiger partial charge in [0, 0.05) is 10.9 Å². The molecule has 2 heteroatoms. The number of benzene rings is 2. The molecule has 90 valence electrons. The standard InChI is InChI=1S/C15H19NS/c1-2-14(16)9-10-17-15-8-7-12-5-3-4-6-13(12)11-15/h3-8,11,14H,2,9-10,16H2,1H3. The van der Waals surface area contributed by atoms with Crippen molar-refractivity contribution in [1.29, 1.82) is 0 Å². The highest BCUT2D eigenvalue weighted by atomic mass is 32.2. The van der Waals surface area contributed by atoms with Crippen molar-refractivity contribution in [2.45, 2.75) is 30.7 Å². The first kappa shape index (κ1) is 12.5. The van der Waals surface area contributed by atoms with Crippen molar-refractivity contribution >= 4 is 22.5 Å². The fraction of sp³-hybridized carbons (Fsp3) is 0.333. The summed E-state index contributed by atoms with van der Waals surface area (Å²) in [7, 11) is 0. The van der Waals surface area contributed by atoms with E-state index in [1.54, 1.807) is 0 Å². The highest BCUT2D eigenvalue weighted by Crippen LogP contribution is 2.24. The Morgan fingerprint density at radius 1 is 1.12 bits per heavy atom. The van der Waals surface area contributed by atoms with Crippen LogP contribution in [0.2, 0.25) is 0 Å². The lowest BCUT2D eigenvalue weighted by molar-refractivity contribution is 0.634. The summed E-state index contributed by atoms with van der Waals surface area (Å²) in [6.45, 7) is 2.14. The normalized spacial score (nSPS) is 12.8. The van der Waals surface area contributed by atoms with Gasteiger partial charge in [0.25, 0.3) is 0 Å². The first-order chi connectivity index (χ1) is 8.29. The van der Waals surface area contributed by atoms with E-state index in [1.165, 1.54) is 15.7 Å². The van der Waals surface area contributed by atoms with E-state index in [-0.39, 0.29) is 0 Å². The van der Waals surface area contributed by atoms with Crippen molar-refractivity contribution in [2.75, 3.05) is 5.75 Å². The van der Waals surface area contributed by atoms with Crippen molar-refractivity contribution in [2.24, 2.45) is 5.73 Å². The van der Waals surface area contributed by atoms with E-state index in [9.17, 15) is 0 Å². The SMILES string of the molecule is CCC(N)CCSc1ccc2ccccc2c1. The monoisotopic (exact) mass is 245 g/mol. The third-order valence-electron chi connectivity index (χ3n) is 3.00. The molecule has 2 aromatic rings. The summed E-state index contributed by atoms with van der Waals surface area (Å²) in [6.07, 6.45) is 2.16. The van der Waals surface area contributed by atoms with Crippen LogP contribution in [0.3, 0.4) is 0 Å². The van der Waals surface area contributed by atoms with E-state index in [4.69, 9.17) is 5.73 Å². The van der Waals surface area contributed by atoms with Gasteiger partial charge in [-0.1, -0.05) is 37.3 Å². The molecule has 0 amide bonds. The molecule has 0 radical (unpaired) electrons. The molecular formula is C15H19NS. The smallest absolute Gasteiger partial charge is 0.00783 e. The van der Waals surface area contributed by atoms with Crippen LogP contribution in [0.15, 0.2) is 47.4 Å². The van der Waals surface area contributed by atoms with Gasteiger partial charge in [-0.15, -0.1) is 11.8 Å². The molecule has 2 rings (SSSR count). The first-order valence-electron chi connectivity index (χ1n) is 6.17. The van der Waals surface area contributed by atoms with Crippen LogP contribution in [0.25, 0.3) is 10.8 Å². The van der Waals surface area contributed by atoms with Crippen LogP contribution in [0.1, 0.15) is 19.8 Å². The van der Waals surface area contributed by atoms with Gasteiger partial charge < -0.3 is 5.73 Å². The van der Waals surface area contributed by atoms with Crippen LogP contribution in [0.5, 0.6) is 0 Å². The second kappa shape index (κ2) is 6.08. The Labute approximate surface area is 107 Å². The number of nitrogens with two attached hydrogens (primary N) is 1. The summed E-state index contributed by atoms with van der Waals surface area (Å²) in [5.74, 6) is 1.10. The van der Waals surface area contributed by atoms with Crippen LogP contribution in [0, 0.1) is 0 Å². The van der Waals surface area contributed by atoms with Crippen LogP contribution < -0.4 is 5.73 Å². The fourth-order valence-corrected chi connectivity index (χ4v) is 2.82. The number of fused-ring (bicyclic) bond motifs is 1. The minimum absolute atomic E-state index is 0.350. The number of thioether (sulfide) groups is 1. The van der Waals surface area contributed by atoms with Crippen molar-refractivity contribution in [3.05, 3.63) is 42.5 Å². The molecule has 0 fully saturated rings. The highest BCUT2D eigenvalue weighted by molar-refractivity contribution is 7.99. The largest absolute Gasteiger partial charge is 0.328 e. The molecule has 17 heavy (non-hydrogen) atoms. The van der Waals surface area contributed by atoms with Gasteiger partial charge in [-0.2, -0.15) is 0 Å². The van der Waals surface area contributed by atoms with Crippen LogP contribution in [-0.4, -0.2) is 11.8 Å². The maximum atomic E-state index is 5.91. The Morgan fingerprint density at radius 3 is 2.65 bits per heavy atom. The lowest BCUT2D eigenvalue weighted by Crippen LogP contribution is -2.18. The Balaban J connectivity index is 1.99. The van der Waals surface area contributed by atoms with E-state index >= 15 is 0 Å². The fourth-order valence-electron chi connectivity index (χ4n) is 1.79. The molecule has 0 saturated heterocycles. The molecular weight excluding hydrogens is 226 g/mol. The summed E-state index contributed by atoms with van der Waals surface area (Å²) in [6, 6.07) is 15.5. The molecule has 1 unspecified atom stereocenters. The molecule has 0 heterocycles. The second-order valence-corrected chi connectivity index (χ2v) is 5.48. The topological polar surface area (TPSA) is 26.0 Å². The number of hydrogen-bond donors (Lipinski definition) is 1. The van der Waals surface area contributed by atoms with Crippen molar-refractivity contribution in [3.8, 4) is 0 Å². The molecule has 0 bridgehead atoms. The molecule has 0 spiro atoms. The predicted molar refractivity (Wildman–Crippen MR) is 77.6 cm³/mol. The molecule has 0 aliphatic carbocycles. The molecule has 2 N–H and O–H groups in total. The van der Waals surface area contributed by atoms with Gasteiger partial charge in [0.1, 0.15) is 0 Å². The molecule has 0 saturated carbocycles. The van der Waals surface area contributed by atoms with Gasteiger partial charge in [-0.3, -0.25) is 0 Å². The summed E-state index contributed by atoms with van der Waals surface area (Å²) < 4.78 is 0.